The lowest BCUT2D eigenvalue weighted by atomic mass is 9.80. The molecule has 2 nitrogen and oxygen atoms in total. The molecule has 29 heavy (non-hydrogen) atoms. The second kappa shape index (κ2) is 6.59. The molecule has 1 aliphatic heterocycles. The van der Waals surface area contributed by atoms with E-state index in [1.165, 1.54) is 38.4 Å². The zero-order valence-electron chi connectivity index (χ0n) is 16.1. The van der Waals surface area contributed by atoms with E-state index >= 15 is 0 Å². The molecule has 2 heteroatoms. The van der Waals surface area contributed by atoms with Crippen molar-refractivity contribution in [3.63, 3.8) is 0 Å². The van der Waals surface area contributed by atoms with Gasteiger partial charge < -0.3 is 4.84 Å². The maximum atomic E-state index is 5.86. The van der Waals surface area contributed by atoms with Crippen LogP contribution in [-0.4, -0.2) is 5.71 Å². The maximum absolute atomic E-state index is 5.86. The molecule has 0 bridgehead atoms. The van der Waals surface area contributed by atoms with Crippen LogP contribution in [0.3, 0.4) is 0 Å². The van der Waals surface area contributed by atoms with Crippen LogP contribution < -0.4 is 15.3 Å². The highest BCUT2D eigenvalue weighted by atomic mass is 16.6. The van der Waals surface area contributed by atoms with Crippen molar-refractivity contribution in [1.82, 2.24) is 0 Å². The molecule has 1 unspecified atom stereocenters. The number of oxime groups is 1. The average molecular weight is 375 g/mol. The highest BCUT2D eigenvalue weighted by molar-refractivity contribution is 6.07. The normalized spacial score (nSPS) is 18.5. The van der Waals surface area contributed by atoms with E-state index in [0.717, 1.165) is 29.9 Å². The van der Waals surface area contributed by atoms with Gasteiger partial charge in [-0.15, -0.1) is 0 Å². The minimum absolute atomic E-state index is 0.0897. The molecular formula is C27H21NO. The lowest BCUT2D eigenvalue weighted by Gasteiger charge is -2.23. The van der Waals surface area contributed by atoms with Gasteiger partial charge in [-0.25, -0.2) is 0 Å². The summed E-state index contributed by atoms with van der Waals surface area (Å²) < 4.78 is 0. The van der Waals surface area contributed by atoms with Crippen molar-refractivity contribution >= 4 is 23.9 Å². The topological polar surface area (TPSA) is 21.6 Å². The number of benzene rings is 3. The zero-order chi connectivity index (χ0) is 19.2. The van der Waals surface area contributed by atoms with E-state index in [9.17, 15) is 0 Å². The van der Waals surface area contributed by atoms with Crippen molar-refractivity contribution < 1.29 is 4.84 Å². The molecule has 0 saturated heterocycles. The summed E-state index contributed by atoms with van der Waals surface area (Å²) in [4.78, 5) is 5.86. The summed E-state index contributed by atoms with van der Waals surface area (Å²) in [6.07, 6.45) is 12.5. The van der Waals surface area contributed by atoms with Gasteiger partial charge in [0, 0.05) is 11.5 Å². The minimum atomic E-state index is 0.0897. The van der Waals surface area contributed by atoms with Crippen molar-refractivity contribution in [2.45, 2.75) is 25.2 Å². The quantitative estimate of drug-likeness (QED) is 0.617. The molecule has 0 aromatic heterocycles. The Hall–Kier alpha value is -3.39. The monoisotopic (exact) mass is 375 g/mol. The van der Waals surface area contributed by atoms with E-state index in [0.29, 0.717) is 0 Å². The van der Waals surface area contributed by atoms with Crippen molar-refractivity contribution in [3.8, 4) is 5.75 Å². The standard InChI is InChI=1S/C27H21NO/c1-5-11-22-18(7-1)13-15-23-21-10-4-2-9-20(21)17-24(27(22)23)25-16-14-19-8-3-6-12-26(19)29-28-25/h2-4,6-10,12-17,24H,1,5,11H2. The van der Waals surface area contributed by atoms with Crippen LogP contribution in [-0.2, 0) is 6.42 Å². The van der Waals surface area contributed by atoms with Crippen LogP contribution in [0.2, 0.25) is 0 Å². The summed E-state index contributed by atoms with van der Waals surface area (Å²) in [5, 5.41) is 9.90. The second-order valence-electron chi connectivity index (χ2n) is 7.90. The Balaban J connectivity index is 1.63. The van der Waals surface area contributed by atoms with Crippen LogP contribution in [0, 0.1) is 10.4 Å². The largest absolute Gasteiger partial charge is 0.356 e. The number of rotatable bonds is 1. The van der Waals surface area contributed by atoms with Crippen molar-refractivity contribution in [2.75, 3.05) is 0 Å². The summed E-state index contributed by atoms with van der Waals surface area (Å²) in [6.45, 7) is 0. The number of hydrogen-bond donors (Lipinski definition) is 0. The maximum Gasteiger partial charge on any atom is 0.165 e. The van der Waals surface area contributed by atoms with E-state index in [1.54, 1.807) is 0 Å². The average Bonchev–Trinajstić information content (AvgIpc) is 3.01. The van der Waals surface area contributed by atoms with Gasteiger partial charge in [0.1, 0.15) is 0 Å². The summed E-state index contributed by atoms with van der Waals surface area (Å²) in [7, 11) is 0. The lowest BCUT2D eigenvalue weighted by Crippen LogP contribution is -2.25. The van der Waals surface area contributed by atoms with Gasteiger partial charge >= 0.3 is 0 Å². The lowest BCUT2D eigenvalue weighted by molar-refractivity contribution is 0.340. The predicted octanol–water partition coefficient (Wildman–Crippen LogP) is 4.43. The van der Waals surface area contributed by atoms with Gasteiger partial charge in [0.2, 0.25) is 0 Å². The van der Waals surface area contributed by atoms with Gasteiger partial charge in [-0.3, -0.25) is 0 Å². The van der Waals surface area contributed by atoms with Crippen molar-refractivity contribution in [3.05, 3.63) is 104 Å². The first kappa shape index (κ1) is 16.6. The summed E-state index contributed by atoms with van der Waals surface area (Å²) in [6, 6.07) is 21.3. The molecule has 2 aliphatic carbocycles. The van der Waals surface area contributed by atoms with Gasteiger partial charge in [-0.2, -0.15) is 0 Å². The van der Waals surface area contributed by atoms with Gasteiger partial charge in [-0.1, -0.05) is 71.9 Å². The first-order valence-corrected chi connectivity index (χ1v) is 10.3. The van der Waals surface area contributed by atoms with E-state index in [2.05, 4.69) is 71.9 Å². The SMILES string of the molecule is C1=Cc2ccccc2ON=C1C1C=c2ccccc2=c2ccc3c(c21)CCCC=3. The molecule has 3 aromatic carbocycles. The smallest absolute Gasteiger partial charge is 0.165 e. The van der Waals surface area contributed by atoms with E-state index in [-0.39, 0.29) is 5.92 Å². The Morgan fingerprint density at radius 1 is 0.828 bits per heavy atom. The van der Waals surface area contributed by atoms with Gasteiger partial charge in [0.15, 0.2) is 5.75 Å². The molecule has 3 aromatic rings. The Kier molecular flexibility index (Phi) is 3.76. The number of fused-ring (bicyclic) bond motifs is 5. The van der Waals surface area contributed by atoms with Gasteiger partial charge in [0.25, 0.3) is 0 Å². The Labute approximate surface area is 169 Å². The second-order valence-corrected chi connectivity index (χ2v) is 7.90. The van der Waals surface area contributed by atoms with E-state index in [1.807, 2.05) is 18.2 Å². The van der Waals surface area contributed by atoms with Crippen molar-refractivity contribution in [1.29, 1.82) is 0 Å². The molecule has 0 radical (unpaired) electrons. The third-order valence-corrected chi connectivity index (χ3v) is 6.22. The molecule has 140 valence electrons. The van der Waals surface area contributed by atoms with Crippen LogP contribution in [0.5, 0.6) is 5.75 Å². The van der Waals surface area contributed by atoms with Gasteiger partial charge in [0.05, 0.1) is 5.71 Å². The van der Waals surface area contributed by atoms with Crippen molar-refractivity contribution in [2.24, 2.45) is 5.16 Å². The molecule has 1 heterocycles. The molecule has 0 spiro atoms. The first-order chi connectivity index (χ1) is 14.4. The molecule has 0 fully saturated rings. The van der Waals surface area contributed by atoms with Crippen LogP contribution in [0.15, 0.2) is 71.9 Å². The highest BCUT2D eigenvalue weighted by Gasteiger charge is 2.24. The zero-order valence-corrected chi connectivity index (χ0v) is 16.1. The highest BCUT2D eigenvalue weighted by Crippen LogP contribution is 2.31. The van der Waals surface area contributed by atoms with E-state index < -0.39 is 0 Å². The predicted molar refractivity (Wildman–Crippen MR) is 118 cm³/mol. The third-order valence-electron chi connectivity index (χ3n) is 6.22. The molecule has 3 aliphatic rings. The molecule has 0 amide bonds. The molecule has 6 rings (SSSR count). The fourth-order valence-corrected chi connectivity index (χ4v) is 4.83. The van der Waals surface area contributed by atoms with E-state index in [4.69, 9.17) is 4.84 Å². The van der Waals surface area contributed by atoms with Crippen LogP contribution in [0.25, 0.3) is 18.2 Å². The Morgan fingerprint density at radius 2 is 1.72 bits per heavy atom. The fourth-order valence-electron chi connectivity index (χ4n) is 4.83. The fraction of sp³-hybridized carbons (Fsp3) is 0.148. The summed E-state index contributed by atoms with van der Waals surface area (Å²) in [5.41, 5.74) is 4.89. The summed E-state index contributed by atoms with van der Waals surface area (Å²) >= 11 is 0. The number of allylic oxidation sites excluding steroid dienone is 1. The third kappa shape index (κ3) is 2.67. The van der Waals surface area contributed by atoms with Crippen LogP contribution >= 0.6 is 0 Å². The molecular weight excluding hydrogens is 354 g/mol. The first-order valence-electron chi connectivity index (χ1n) is 10.3. The van der Waals surface area contributed by atoms with Crippen LogP contribution in [0.1, 0.15) is 35.4 Å². The number of hydrogen-bond acceptors (Lipinski definition) is 2. The molecule has 0 N–H and O–H groups in total. The number of nitrogens with zero attached hydrogens (tertiary/aromatic N) is 1. The van der Waals surface area contributed by atoms with Crippen LogP contribution in [0.4, 0.5) is 0 Å². The summed E-state index contributed by atoms with van der Waals surface area (Å²) in [5.74, 6) is 0.894. The molecule has 0 saturated carbocycles. The Bertz CT molecular complexity index is 1410. The number of para-hydroxylation sites is 1. The Morgan fingerprint density at radius 3 is 2.72 bits per heavy atom. The molecule has 1 atom stereocenters. The minimum Gasteiger partial charge on any atom is -0.356 e. The van der Waals surface area contributed by atoms with Gasteiger partial charge in [-0.05, 0) is 69.5 Å².